The van der Waals surface area contributed by atoms with Gasteiger partial charge in [0.2, 0.25) is 0 Å². The third-order valence-corrected chi connectivity index (χ3v) is 4.86. The normalized spacial score (nSPS) is 34.7. The van der Waals surface area contributed by atoms with Gasteiger partial charge in [-0.05, 0) is 66.1 Å². The fourth-order valence-corrected chi connectivity index (χ4v) is 3.56. The predicted octanol–water partition coefficient (Wildman–Crippen LogP) is 1.79. The van der Waals surface area contributed by atoms with Gasteiger partial charge in [-0.3, -0.25) is 4.90 Å². The Morgan fingerprint density at radius 3 is 2.67 bits per heavy atom. The van der Waals surface area contributed by atoms with Gasteiger partial charge in [-0.15, -0.1) is 0 Å². The summed E-state index contributed by atoms with van der Waals surface area (Å²) in [5, 5.41) is 3.55. The molecule has 2 aliphatic heterocycles. The van der Waals surface area contributed by atoms with Gasteiger partial charge < -0.3 is 10.2 Å². The molecule has 1 N–H and O–H groups in total. The number of nitrogens with zero attached hydrogens (tertiary/aromatic N) is 2. The van der Waals surface area contributed by atoms with Crippen molar-refractivity contribution in [3.8, 4) is 0 Å². The summed E-state index contributed by atoms with van der Waals surface area (Å²) in [6.07, 6.45) is 4.11. The summed E-state index contributed by atoms with van der Waals surface area (Å²) in [6, 6.07) is 2.20. The van der Waals surface area contributed by atoms with Crippen LogP contribution >= 0.6 is 0 Å². The van der Waals surface area contributed by atoms with E-state index < -0.39 is 0 Å². The van der Waals surface area contributed by atoms with E-state index >= 15 is 0 Å². The molecule has 0 radical (unpaired) electrons. The maximum Gasteiger partial charge on any atom is 0.0240 e. The molecule has 106 valence electrons. The molecule has 0 aliphatic carbocycles. The molecular formula is C15H31N3. The minimum atomic E-state index is 0.677. The number of hydrogen-bond acceptors (Lipinski definition) is 3. The van der Waals surface area contributed by atoms with E-state index in [-0.39, 0.29) is 0 Å². The van der Waals surface area contributed by atoms with E-state index in [1.165, 1.54) is 45.4 Å². The Balaban J connectivity index is 1.91. The van der Waals surface area contributed by atoms with Crippen LogP contribution in [0.5, 0.6) is 0 Å². The first-order chi connectivity index (χ1) is 8.58. The average molecular weight is 253 g/mol. The number of likely N-dealkylation sites (tertiary alicyclic amines) is 1. The third kappa shape index (κ3) is 3.46. The molecule has 0 spiro atoms. The first kappa shape index (κ1) is 14.3. The van der Waals surface area contributed by atoms with Crippen molar-refractivity contribution in [2.45, 2.75) is 58.2 Å². The first-order valence-electron chi connectivity index (χ1n) is 7.74. The van der Waals surface area contributed by atoms with Crippen molar-refractivity contribution in [2.24, 2.45) is 5.92 Å². The number of likely N-dealkylation sites (N-methyl/N-ethyl adjacent to an activating group) is 1. The van der Waals surface area contributed by atoms with Gasteiger partial charge in [0.25, 0.3) is 0 Å². The van der Waals surface area contributed by atoms with Crippen molar-refractivity contribution in [3.63, 3.8) is 0 Å². The maximum atomic E-state index is 3.55. The first-order valence-corrected chi connectivity index (χ1v) is 7.74. The van der Waals surface area contributed by atoms with Crippen LogP contribution in [-0.4, -0.2) is 61.2 Å². The lowest BCUT2D eigenvalue weighted by Gasteiger charge is -2.37. The van der Waals surface area contributed by atoms with Crippen LogP contribution in [0.3, 0.4) is 0 Å². The van der Waals surface area contributed by atoms with Crippen LogP contribution < -0.4 is 5.32 Å². The Hall–Kier alpha value is -0.120. The standard InChI is InChI=1S/C15H31N3/c1-12(2)18(10-14-6-5-7-16-9-14)15-8-13(3)17(4)11-15/h12-16H,5-11H2,1-4H3. The monoisotopic (exact) mass is 253 g/mol. The fraction of sp³-hybridized carbons (Fsp3) is 1.00. The van der Waals surface area contributed by atoms with Crippen molar-refractivity contribution >= 4 is 0 Å². The molecule has 3 unspecified atom stereocenters. The zero-order valence-corrected chi connectivity index (χ0v) is 12.7. The van der Waals surface area contributed by atoms with Crippen molar-refractivity contribution in [3.05, 3.63) is 0 Å². The van der Waals surface area contributed by atoms with Crippen molar-refractivity contribution in [1.82, 2.24) is 15.1 Å². The van der Waals surface area contributed by atoms with Gasteiger partial charge in [0.05, 0.1) is 0 Å². The summed E-state index contributed by atoms with van der Waals surface area (Å²) < 4.78 is 0. The van der Waals surface area contributed by atoms with Crippen LogP contribution in [0.1, 0.15) is 40.0 Å². The van der Waals surface area contributed by atoms with E-state index in [2.05, 4.69) is 42.9 Å². The number of rotatable bonds is 4. The predicted molar refractivity (Wildman–Crippen MR) is 77.9 cm³/mol. The Morgan fingerprint density at radius 2 is 2.17 bits per heavy atom. The zero-order valence-electron chi connectivity index (χ0n) is 12.7. The quantitative estimate of drug-likeness (QED) is 0.824. The number of hydrogen-bond donors (Lipinski definition) is 1. The minimum Gasteiger partial charge on any atom is -0.316 e. The highest BCUT2D eigenvalue weighted by Crippen LogP contribution is 2.24. The summed E-state index contributed by atoms with van der Waals surface area (Å²) in [7, 11) is 2.27. The van der Waals surface area contributed by atoms with Gasteiger partial charge in [-0.2, -0.15) is 0 Å². The smallest absolute Gasteiger partial charge is 0.0240 e. The van der Waals surface area contributed by atoms with Crippen LogP contribution in [0.4, 0.5) is 0 Å². The second kappa shape index (κ2) is 6.36. The number of piperidine rings is 1. The molecule has 0 aromatic carbocycles. The largest absolute Gasteiger partial charge is 0.316 e. The molecule has 18 heavy (non-hydrogen) atoms. The Labute approximate surface area is 113 Å². The molecular weight excluding hydrogens is 222 g/mol. The molecule has 0 saturated carbocycles. The molecule has 0 bridgehead atoms. The SMILES string of the molecule is CC1CC(N(CC2CCCNC2)C(C)C)CN1C. The van der Waals surface area contributed by atoms with Crippen molar-refractivity contribution < 1.29 is 0 Å². The summed E-state index contributed by atoms with van der Waals surface area (Å²) in [5.74, 6) is 0.863. The lowest BCUT2D eigenvalue weighted by atomic mass is 9.97. The molecule has 2 saturated heterocycles. The Kier molecular flexibility index (Phi) is 5.05. The van der Waals surface area contributed by atoms with E-state index in [1.807, 2.05) is 0 Å². The zero-order chi connectivity index (χ0) is 13.1. The Morgan fingerprint density at radius 1 is 1.39 bits per heavy atom. The fourth-order valence-electron chi connectivity index (χ4n) is 3.56. The second-order valence-corrected chi connectivity index (χ2v) is 6.68. The van der Waals surface area contributed by atoms with Crippen LogP contribution in [0.15, 0.2) is 0 Å². The molecule has 0 aromatic rings. The molecule has 2 fully saturated rings. The molecule has 3 heteroatoms. The maximum absolute atomic E-state index is 3.55. The highest BCUT2D eigenvalue weighted by atomic mass is 15.3. The third-order valence-electron chi connectivity index (χ3n) is 4.86. The molecule has 0 amide bonds. The van der Waals surface area contributed by atoms with Gasteiger partial charge in [0, 0.05) is 31.2 Å². The van der Waals surface area contributed by atoms with Crippen molar-refractivity contribution in [2.75, 3.05) is 33.2 Å². The van der Waals surface area contributed by atoms with Crippen LogP contribution in [0.2, 0.25) is 0 Å². The van der Waals surface area contributed by atoms with E-state index in [1.54, 1.807) is 0 Å². The van der Waals surface area contributed by atoms with E-state index in [9.17, 15) is 0 Å². The summed E-state index contributed by atoms with van der Waals surface area (Å²) in [6.45, 7) is 12.1. The second-order valence-electron chi connectivity index (χ2n) is 6.68. The molecule has 3 atom stereocenters. The lowest BCUT2D eigenvalue weighted by molar-refractivity contribution is 0.121. The molecule has 0 aromatic heterocycles. The van der Waals surface area contributed by atoms with Gasteiger partial charge in [-0.1, -0.05) is 0 Å². The van der Waals surface area contributed by atoms with Gasteiger partial charge >= 0.3 is 0 Å². The van der Waals surface area contributed by atoms with E-state index in [0.717, 1.165) is 18.0 Å². The van der Waals surface area contributed by atoms with E-state index in [4.69, 9.17) is 0 Å². The lowest BCUT2D eigenvalue weighted by Crippen LogP contribution is -2.47. The van der Waals surface area contributed by atoms with Gasteiger partial charge in [0.15, 0.2) is 0 Å². The van der Waals surface area contributed by atoms with Crippen LogP contribution in [0, 0.1) is 5.92 Å². The summed E-state index contributed by atoms with van der Waals surface area (Å²) in [5.41, 5.74) is 0. The Bertz CT molecular complexity index is 238. The van der Waals surface area contributed by atoms with Crippen LogP contribution in [0.25, 0.3) is 0 Å². The van der Waals surface area contributed by atoms with Gasteiger partial charge in [0.1, 0.15) is 0 Å². The summed E-state index contributed by atoms with van der Waals surface area (Å²) in [4.78, 5) is 5.27. The van der Waals surface area contributed by atoms with Crippen molar-refractivity contribution in [1.29, 1.82) is 0 Å². The highest BCUT2D eigenvalue weighted by Gasteiger charge is 2.33. The molecule has 3 nitrogen and oxygen atoms in total. The molecule has 2 aliphatic rings. The van der Waals surface area contributed by atoms with E-state index in [0.29, 0.717) is 6.04 Å². The topological polar surface area (TPSA) is 18.5 Å². The summed E-state index contributed by atoms with van der Waals surface area (Å²) >= 11 is 0. The highest BCUT2D eigenvalue weighted by molar-refractivity contribution is 4.89. The van der Waals surface area contributed by atoms with Gasteiger partial charge in [-0.25, -0.2) is 0 Å². The minimum absolute atomic E-state index is 0.677. The molecule has 2 rings (SSSR count). The number of nitrogens with one attached hydrogen (secondary N) is 1. The van der Waals surface area contributed by atoms with Crippen LogP contribution in [-0.2, 0) is 0 Å². The average Bonchev–Trinajstić information content (AvgIpc) is 2.67. The molecule has 2 heterocycles.